The molecule has 32 heavy (non-hydrogen) atoms. The van der Waals surface area contributed by atoms with Crippen LogP contribution in [0.2, 0.25) is 0 Å². The molecule has 2 aromatic carbocycles. The van der Waals surface area contributed by atoms with Crippen molar-refractivity contribution < 1.29 is 9.50 Å². The number of hydrogen-bond donors (Lipinski definition) is 1. The standard InChI is InChI=1S/C26H30FN3O2/c1-3-28-12-14-29(15-13-28)25(21-10-7-11-22(27)17-21)24-23(31)16-19(2)30(26(24)32)18-20-8-5-4-6-9-20/h4-11,16-17,25,31H,3,12-15,18H2,1-2H3. The lowest BCUT2D eigenvalue weighted by Crippen LogP contribution is -2.48. The van der Waals surface area contributed by atoms with Crippen molar-refractivity contribution in [1.29, 1.82) is 0 Å². The molecule has 3 aromatic rings. The monoisotopic (exact) mass is 435 g/mol. The molecular formula is C26H30FN3O2. The fourth-order valence-electron chi connectivity index (χ4n) is 4.56. The summed E-state index contributed by atoms with van der Waals surface area (Å²) in [7, 11) is 0. The van der Waals surface area contributed by atoms with Gasteiger partial charge in [-0.15, -0.1) is 0 Å². The average Bonchev–Trinajstić information content (AvgIpc) is 2.80. The first-order chi connectivity index (χ1) is 15.5. The first-order valence-corrected chi connectivity index (χ1v) is 11.2. The minimum Gasteiger partial charge on any atom is -0.507 e. The van der Waals surface area contributed by atoms with Crippen LogP contribution in [-0.2, 0) is 6.54 Å². The van der Waals surface area contributed by atoms with E-state index in [4.69, 9.17) is 0 Å². The van der Waals surface area contributed by atoms with E-state index in [0.717, 1.165) is 38.3 Å². The van der Waals surface area contributed by atoms with Crippen molar-refractivity contribution >= 4 is 0 Å². The molecule has 6 heteroatoms. The van der Waals surface area contributed by atoms with Crippen molar-refractivity contribution in [1.82, 2.24) is 14.4 Å². The van der Waals surface area contributed by atoms with Gasteiger partial charge in [0, 0.05) is 31.9 Å². The summed E-state index contributed by atoms with van der Waals surface area (Å²) in [6, 6.07) is 17.3. The van der Waals surface area contributed by atoms with E-state index < -0.39 is 6.04 Å². The molecule has 4 rings (SSSR count). The molecule has 1 saturated heterocycles. The van der Waals surface area contributed by atoms with Gasteiger partial charge in [0.1, 0.15) is 11.6 Å². The van der Waals surface area contributed by atoms with E-state index in [2.05, 4.69) is 16.7 Å². The Balaban J connectivity index is 1.82. The number of piperazine rings is 1. The highest BCUT2D eigenvalue weighted by Gasteiger charge is 2.31. The van der Waals surface area contributed by atoms with Crippen LogP contribution in [0, 0.1) is 12.7 Å². The predicted octanol–water partition coefficient (Wildman–Crippen LogP) is 3.78. The van der Waals surface area contributed by atoms with Gasteiger partial charge in [0.05, 0.1) is 18.2 Å². The lowest BCUT2D eigenvalue weighted by molar-refractivity contribution is 0.111. The van der Waals surface area contributed by atoms with Crippen molar-refractivity contribution in [3.63, 3.8) is 0 Å². The SMILES string of the molecule is CCN1CCN(C(c2cccc(F)c2)c2c(O)cc(C)n(Cc3ccccc3)c2=O)CC1. The molecule has 168 valence electrons. The Morgan fingerprint density at radius 1 is 1.00 bits per heavy atom. The van der Waals surface area contributed by atoms with Crippen molar-refractivity contribution in [2.45, 2.75) is 26.4 Å². The summed E-state index contributed by atoms with van der Waals surface area (Å²) >= 11 is 0. The Labute approximate surface area is 188 Å². The summed E-state index contributed by atoms with van der Waals surface area (Å²) in [4.78, 5) is 18.3. The minimum absolute atomic E-state index is 0.0380. The van der Waals surface area contributed by atoms with E-state index in [9.17, 15) is 14.3 Å². The molecule has 5 nitrogen and oxygen atoms in total. The third-order valence-corrected chi connectivity index (χ3v) is 6.36. The number of benzene rings is 2. The molecule has 1 atom stereocenters. The number of aromatic hydroxyl groups is 1. The van der Waals surface area contributed by atoms with E-state index in [-0.39, 0.29) is 17.1 Å². The third-order valence-electron chi connectivity index (χ3n) is 6.36. The third kappa shape index (κ3) is 4.61. The highest BCUT2D eigenvalue weighted by atomic mass is 19.1. The molecule has 2 heterocycles. The van der Waals surface area contributed by atoms with Crippen LogP contribution in [0.3, 0.4) is 0 Å². The molecule has 1 N–H and O–H groups in total. The molecule has 1 aromatic heterocycles. The number of aryl methyl sites for hydroxylation is 1. The van der Waals surface area contributed by atoms with Gasteiger partial charge in [-0.05, 0) is 42.8 Å². The lowest BCUT2D eigenvalue weighted by atomic mass is 9.95. The highest BCUT2D eigenvalue weighted by molar-refractivity contribution is 5.41. The van der Waals surface area contributed by atoms with Crippen LogP contribution in [0.1, 0.15) is 35.3 Å². The lowest BCUT2D eigenvalue weighted by Gasteiger charge is -2.39. The second kappa shape index (κ2) is 9.67. The normalized spacial score (nSPS) is 16.2. The predicted molar refractivity (Wildman–Crippen MR) is 125 cm³/mol. The second-order valence-corrected chi connectivity index (χ2v) is 8.39. The van der Waals surface area contributed by atoms with Crippen LogP contribution in [0.5, 0.6) is 5.75 Å². The van der Waals surface area contributed by atoms with Gasteiger partial charge in [-0.25, -0.2) is 4.39 Å². The molecule has 0 spiro atoms. The van der Waals surface area contributed by atoms with Crippen LogP contribution in [0.15, 0.2) is 65.5 Å². The van der Waals surface area contributed by atoms with Crippen LogP contribution in [-0.4, -0.2) is 52.2 Å². The van der Waals surface area contributed by atoms with Gasteiger partial charge in [0.25, 0.3) is 5.56 Å². The van der Waals surface area contributed by atoms with Gasteiger partial charge in [-0.3, -0.25) is 9.69 Å². The summed E-state index contributed by atoms with van der Waals surface area (Å²) in [6.45, 7) is 8.55. The first-order valence-electron chi connectivity index (χ1n) is 11.2. The molecule has 0 aliphatic carbocycles. The van der Waals surface area contributed by atoms with Gasteiger partial charge in [-0.1, -0.05) is 49.4 Å². The summed E-state index contributed by atoms with van der Waals surface area (Å²) in [6.07, 6.45) is 0. The van der Waals surface area contributed by atoms with Crippen molar-refractivity contribution in [2.75, 3.05) is 32.7 Å². The Bertz CT molecular complexity index is 1120. The number of hydrogen-bond acceptors (Lipinski definition) is 4. The van der Waals surface area contributed by atoms with E-state index in [1.165, 1.54) is 12.1 Å². The fraction of sp³-hybridized carbons (Fsp3) is 0.346. The number of pyridine rings is 1. The Hall–Kier alpha value is -2.96. The van der Waals surface area contributed by atoms with Gasteiger partial charge in [-0.2, -0.15) is 0 Å². The minimum atomic E-state index is -0.514. The molecule has 0 bridgehead atoms. The average molecular weight is 436 g/mol. The van der Waals surface area contributed by atoms with Crippen LogP contribution >= 0.6 is 0 Å². The number of nitrogens with zero attached hydrogens (tertiary/aromatic N) is 3. The van der Waals surface area contributed by atoms with Gasteiger partial charge >= 0.3 is 0 Å². The topological polar surface area (TPSA) is 48.7 Å². The number of aromatic nitrogens is 1. The molecule has 1 aliphatic heterocycles. The Morgan fingerprint density at radius 2 is 1.72 bits per heavy atom. The smallest absolute Gasteiger partial charge is 0.259 e. The maximum Gasteiger partial charge on any atom is 0.259 e. The molecule has 1 aliphatic rings. The molecule has 0 saturated carbocycles. The molecule has 0 radical (unpaired) electrons. The van der Waals surface area contributed by atoms with Gasteiger partial charge < -0.3 is 14.6 Å². The van der Waals surface area contributed by atoms with Crippen molar-refractivity contribution in [3.8, 4) is 5.75 Å². The summed E-state index contributed by atoms with van der Waals surface area (Å²) < 4.78 is 15.9. The number of rotatable bonds is 6. The second-order valence-electron chi connectivity index (χ2n) is 8.39. The van der Waals surface area contributed by atoms with E-state index in [1.807, 2.05) is 43.3 Å². The van der Waals surface area contributed by atoms with E-state index in [1.54, 1.807) is 16.7 Å². The van der Waals surface area contributed by atoms with Crippen molar-refractivity contribution in [2.24, 2.45) is 0 Å². The zero-order valence-electron chi connectivity index (χ0n) is 18.7. The fourth-order valence-corrected chi connectivity index (χ4v) is 4.56. The van der Waals surface area contributed by atoms with E-state index >= 15 is 0 Å². The Morgan fingerprint density at radius 3 is 2.38 bits per heavy atom. The summed E-state index contributed by atoms with van der Waals surface area (Å²) in [5.41, 5.74) is 2.44. The number of likely N-dealkylation sites (N-methyl/N-ethyl adjacent to an activating group) is 1. The van der Waals surface area contributed by atoms with Gasteiger partial charge in [0.2, 0.25) is 0 Å². The highest BCUT2D eigenvalue weighted by Crippen LogP contribution is 2.33. The zero-order chi connectivity index (χ0) is 22.7. The number of halogens is 1. The maximum atomic E-state index is 14.2. The van der Waals surface area contributed by atoms with Gasteiger partial charge in [0.15, 0.2) is 0 Å². The summed E-state index contributed by atoms with van der Waals surface area (Å²) in [5.74, 6) is -0.389. The quantitative estimate of drug-likeness (QED) is 0.640. The van der Waals surface area contributed by atoms with Crippen LogP contribution in [0.25, 0.3) is 0 Å². The van der Waals surface area contributed by atoms with E-state index in [0.29, 0.717) is 23.4 Å². The summed E-state index contributed by atoms with van der Waals surface area (Å²) in [5, 5.41) is 10.9. The Kier molecular flexibility index (Phi) is 6.72. The van der Waals surface area contributed by atoms with Crippen LogP contribution < -0.4 is 5.56 Å². The zero-order valence-corrected chi connectivity index (χ0v) is 18.7. The van der Waals surface area contributed by atoms with Crippen molar-refractivity contribution in [3.05, 3.63) is 99.2 Å². The van der Waals surface area contributed by atoms with Crippen LogP contribution in [0.4, 0.5) is 4.39 Å². The largest absolute Gasteiger partial charge is 0.507 e. The molecule has 1 unspecified atom stereocenters. The molecule has 0 amide bonds. The molecule has 1 fully saturated rings. The molecular weight excluding hydrogens is 405 g/mol. The first kappa shape index (κ1) is 22.2. The maximum absolute atomic E-state index is 14.2.